The van der Waals surface area contributed by atoms with Gasteiger partial charge < -0.3 is 4.74 Å². The lowest BCUT2D eigenvalue weighted by atomic mass is 9.95. The topological polar surface area (TPSA) is 48.3 Å². The van der Waals surface area contributed by atoms with E-state index in [9.17, 15) is 9.59 Å². The maximum Gasteiger partial charge on any atom is 0.337 e. The molecule has 1 aromatic heterocycles. The van der Waals surface area contributed by atoms with Gasteiger partial charge in [-0.05, 0) is 18.2 Å². The standard InChI is InChI=1S/C15H17NO3/c1-15(2,3)14(18)16-8-7-10-5-6-11(9-12(10)16)13(17)19-4/h5-9H,1-4H3. The Bertz CT molecular complexity index is 647. The smallest absolute Gasteiger partial charge is 0.337 e. The SMILES string of the molecule is COC(=O)c1ccc2ccn(C(=O)C(C)(C)C)c2c1. The summed E-state index contributed by atoms with van der Waals surface area (Å²) in [5.74, 6) is -0.414. The number of carbonyl (C=O) groups is 2. The van der Waals surface area contributed by atoms with Crippen LogP contribution in [-0.4, -0.2) is 23.6 Å². The molecule has 0 saturated heterocycles. The second-order valence-electron chi connectivity index (χ2n) is 5.51. The number of ether oxygens (including phenoxy) is 1. The Kier molecular flexibility index (Phi) is 3.18. The van der Waals surface area contributed by atoms with Gasteiger partial charge in [0.25, 0.3) is 0 Å². The molecule has 0 unspecified atom stereocenters. The van der Waals surface area contributed by atoms with Gasteiger partial charge in [0.2, 0.25) is 5.91 Å². The molecule has 4 nitrogen and oxygen atoms in total. The Morgan fingerprint density at radius 2 is 1.84 bits per heavy atom. The second kappa shape index (κ2) is 4.53. The Labute approximate surface area is 112 Å². The van der Waals surface area contributed by atoms with Crippen LogP contribution in [0.5, 0.6) is 0 Å². The molecule has 19 heavy (non-hydrogen) atoms. The number of esters is 1. The normalized spacial score (nSPS) is 11.6. The molecular formula is C15H17NO3. The van der Waals surface area contributed by atoms with E-state index < -0.39 is 11.4 Å². The summed E-state index contributed by atoms with van der Waals surface area (Å²) in [6, 6.07) is 7.05. The Morgan fingerprint density at radius 3 is 2.42 bits per heavy atom. The molecule has 0 N–H and O–H groups in total. The van der Waals surface area contributed by atoms with Gasteiger partial charge in [-0.1, -0.05) is 26.8 Å². The van der Waals surface area contributed by atoms with Crippen molar-refractivity contribution < 1.29 is 14.3 Å². The molecule has 0 aliphatic heterocycles. The highest BCUT2D eigenvalue weighted by atomic mass is 16.5. The van der Waals surface area contributed by atoms with Crippen LogP contribution >= 0.6 is 0 Å². The van der Waals surface area contributed by atoms with Crippen molar-refractivity contribution in [2.24, 2.45) is 5.41 Å². The van der Waals surface area contributed by atoms with Crippen LogP contribution in [0.1, 0.15) is 35.9 Å². The quantitative estimate of drug-likeness (QED) is 0.739. The number of hydrogen-bond donors (Lipinski definition) is 0. The third kappa shape index (κ3) is 2.38. The first kappa shape index (κ1) is 13.3. The van der Waals surface area contributed by atoms with Crippen LogP contribution in [-0.2, 0) is 4.74 Å². The highest BCUT2D eigenvalue weighted by Gasteiger charge is 2.24. The summed E-state index contributed by atoms with van der Waals surface area (Å²) in [6.07, 6.45) is 1.74. The second-order valence-corrected chi connectivity index (χ2v) is 5.51. The van der Waals surface area contributed by atoms with Crippen LogP contribution in [0.25, 0.3) is 10.9 Å². The van der Waals surface area contributed by atoms with Crippen molar-refractivity contribution in [2.45, 2.75) is 20.8 Å². The van der Waals surface area contributed by atoms with Gasteiger partial charge in [0.1, 0.15) is 0 Å². The summed E-state index contributed by atoms with van der Waals surface area (Å²) < 4.78 is 6.28. The van der Waals surface area contributed by atoms with Crippen LogP contribution in [0, 0.1) is 5.41 Å². The fraction of sp³-hybridized carbons (Fsp3) is 0.333. The predicted octanol–water partition coefficient (Wildman–Crippen LogP) is 3.11. The zero-order valence-electron chi connectivity index (χ0n) is 11.6. The lowest BCUT2D eigenvalue weighted by Gasteiger charge is -2.17. The van der Waals surface area contributed by atoms with Gasteiger partial charge in [0, 0.05) is 17.0 Å². The van der Waals surface area contributed by atoms with Crippen molar-refractivity contribution in [3.8, 4) is 0 Å². The van der Waals surface area contributed by atoms with Crippen molar-refractivity contribution >= 4 is 22.8 Å². The van der Waals surface area contributed by atoms with Crippen LogP contribution in [0.4, 0.5) is 0 Å². The van der Waals surface area contributed by atoms with E-state index >= 15 is 0 Å². The van der Waals surface area contributed by atoms with Crippen molar-refractivity contribution in [2.75, 3.05) is 7.11 Å². The van der Waals surface area contributed by atoms with Gasteiger partial charge >= 0.3 is 5.97 Å². The largest absolute Gasteiger partial charge is 0.465 e. The summed E-state index contributed by atoms with van der Waals surface area (Å²) in [7, 11) is 1.34. The first-order chi connectivity index (χ1) is 8.84. The van der Waals surface area contributed by atoms with E-state index in [4.69, 9.17) is 4.74 Å². The highest BCUT2D eigenvalue weighted by molar-refractivity contribution is 5.99. The number of fused-ring (bicyclic) bond motifs is 1. The fourth-order valence-corrected chi connectivity index (χ4v) is 1.91. The fourth-order valence-electron chi connectivity index (χ4n) is 1.91. The van der Waals surface area contributed by atoms with Crippen LogP contribution in [0.2, 0.25) is 0 Å². The third-order valence-electron chi connectivity index (χ3n) is 2.97. The number of nitrogens with zero attached hydrogens (tertiary/aromatic N) is 1. The van der Waals surface area contributed by atoms with E-state index in [1.807, 2.05) is 32.9 Å². The predicted molar refractivity (Wildman–Crippen MR) is 73.4 cm³/mol. The van der Waals surface area contributed by atoms with Crippen molar-refractivity contribution in [1.82, 2.24) is 4.57 Å². The molecule has 0 bridgehead atoms. The first-order valence-electron chi connectivity index (χ1n) is 6.09. The number of hydrogen-bond acceptors (Lipinski definition) is 3. The molecule has 0 saturated carbocycles. The molecule has 1 heterocycles. The molecule has 0 aliphatic carbocycles. The maximum atomic E-state index is 12.3. The molecule has 1 aromatic carbocycles. The zero-order valence-corrected chi connectivity index (χ0v) is 11.6. The van der Waals surface area contributed by atoms with Gasteiger partial charge in [-0.3, -0.25) is 9.36 Å². The Balaban J connectivity index is 2.58. The average molecular weight is 259 g/mol. The summed E-state index contributed by atoms with van der Waals surface area (Å²) in [4.78, 5) is 23.9. The number of aromatic nitrogens is 1. The van der Waals surface area contributed by atoms with E-state index in [0.717, 1.165) is 10.9 Å². The summed E-state index contributed by atoms with van der Waals surface area (Å²) >= 11 is 0. The average Bonchev–Trinajstić information content (AvgIpc) is 2.78. The monoisotopic (exact) mass is 259 g/mol. The number of methoxy groups -OCH3 is 1. The minimum absolute atomic E-state index is 0.00971. The Hall–Kier alpha value is -2.10. The minimum Gasteiger partial charge on any atom is -0.465 e. The third-order valence-corrected chi connectivity index (χ3v) is 2.97. The highest BCUT2D eigenvalue weighted by Crippen LogP contribution is 2.23. The van der Waals surface area contributed by atoms with E-state index in [1.165, 1.54) is 7.11 Å². The maximum absolute atomic E-state index is 12.3. The number of benzene rings is 1. The van der Waals surface area contributed by atoms with Gasteiger partial charge in [0.15, 0.2) is 0 Å². The van der Waals surface area contributed by atoms with E-state index in [2.05, 4.69) is 0 Å². The first-order valence-corrected chi connectivity index (χ1v) is 6.09. The summed E-state index contributed by atoms with van der Waals surface area (Å²) in [5, 5.41) is 0.922. The molecule has 0 radical (unpaired) electrons. The van der Waals surface area contributed by atoms with E-state index in [1.54, 1.807) is 22.9 Å². The Morgan fingerprint density at radius 1 is 1.16 bits per heavy atom. The van der Waals surface area contributed by atoms with E-state index in [0.29, 0.717) is 5.56 Å². The van der Waals surface area contributed by atoms with E-state index in [-0.39, 0.29) is 5.91 Å². The molecule has 2 aromatic rings. The summed E-state index contributed by atoms with van der Waals surface area (Å²) in [6.45, 7) is 5.60. The molecule has 0 fully saturated rings. The van der Waals surface area contributed by atoms with Gasteiger partial charge in [-0.25, -0.2) is 4.79 Å². The number of carbonyl (C=O) groups excluding carboxylic acids is 2. The van der Waals surface area contributed by atoms with Crippen molar-refractivity contribution in [1.29, 1.82) is 0 Å². The van der Waals surface area contributed by atoms with Crippen LogP contribution in [0.3, 0.4) is 0 Å². The number of rotatable bonds is 1. The molecule has 0 spiro atoms. The summed E-state index contributed by atoms with van der Waals surface area (Å²) in [5.41, 5.74) is 0.687. The van der Waals surface area contributed by atoms with Gasteiger partial charge in [0.05, 0.1) is 18.2 Å². The molecule has 100 valence electrons. The van der Waals surface area contributed by atoms with Gasteiger partial charge in [-0.2, -0.15) is 0 Å². The lowest BCUT2D eigenvalue weighted by molar-refractivity contribution is 0.0600. The molecule has 0 amide bonds. The van der Waals surface area contributed by atoms with Gasteiger partial charge in [-0.15, -0.1) is 0 Å². The van der Waals surface area contributed by atoms with Crippen molar-refractivity contribution in [3.63, 3.8) is 0 Å². The zero-order chi connectivity index (χ0) is 14.2. The molecule has 4 heteroatoms. The molecular weight excluding hydrogens is 242 g/mol. The minimum atomic E-state index is -0.479. The van der Waals surface area contributed by atoms with Crippen molar-refractivity contribution in [3.05, 3.63) is 36.0 Å². The lowest BCUT2D eigenvalue weighted by Crippen LogP contribution is -2.26. The molecule has 0 atom stereocenters. The molecule has 0 aliphatic rings. The molecule has 2 rings (SSSR count). The van der Waals surface area contributed by atoms with Crippen LogP contribution < -0.4 is 0 Å². The van der Waals surface area contributed by atoms with Crippen LogP contribution in [0.15, 0.2) is 30.5 Å².